The number of nitrogens with two attached hydrogens (primary N) is 1. The van der Waals surface area contributed by atoms with E-state index < -0.39 is 5.97 Å². The predicted molar refractivity (Wildman–Crippen MR) is 64.6 cm³/mol. The van der Waals surface area contributed by atoms with Gasteiger partial charge in [-0.05, 0) is 30.7 Å². The molecular formula is C12H16N2O3. The van der Waals surface area contributed by atoms with E-state index in [-0.39, 0.29) is 18.9 Å². The highest BCUT2D eigenvalue weighted by Gasteiger charge is 2.10. The molecule has 0 saturated carbocycles. The fraction of sp³-hybridized carbons (Fsp3) is 0.333. The van der Waals surface area contributed by atoms with Crippen LogP contribution in [0.25, 0.3) is 0 Å². The number of hydrogen-bond donors (Lipinski definition) is 2. The SMILES string of the molecule is CNC(=O)CCOC(=O)c1ccc(N)cc1C. The molecule has 0 saturated heterocycles. The zero-order valence-electron chi connectivity index (χ0n) is 9.95. The molecule has 0 aliphatic heterocycles. The summed E-state index contributed by atoms with van der Waals surface area (Å²) in [4.78, 5) is 22.6. The van der Waals surface area contributed by atoms with Gasteiger partial charge >= 0.3 is 5.97 Å². The number of hydrogen-bond acceptors (Lipinski definition) is 4. The van der Waals surface area contributed by atoms with E-state index in [1.54, 1.807) is 25.1 Å². The van der Waals surface area contributed by atoms with Crippen molar-refractivity contribution in [1.82, 2.24) is 5.32 Å². The van der Waals surface area contributed by atoms with Gasteiger partial charge in [-0.25, -0.2) is 4.79 Å². The topological polar surface area (TPSA) is 81.4 Å². The third kappa shape index (κ3) is 3.79. The van der Waals surface area contributed by atoms with Crippen molar-refractivity contribution in [1.29, 1.82) is 0 Å². The van der Waals surface area contributed by atoms with E-state index in [4.69, 9.17) is 10.5 Å². The van der Waals surface area contributed by atoms with Crippen molar-refractivity contribution in [3.8, 4) is 0 Å². The van der Waals surface area contributed by atoms with Gasteiger partial charge in [0.1, 0.15) is 6.61 Å². The lowest BCUT2D eigenvalue weighted by molar-refractivity contribution is -0.121. The Labute approximate surface area is 99.9 Å². The minimum atomic E-state index is -0.439. The molecule has 1 aromatic rings. The number of benzene rings is 1. The molecule has 0 aromatic heterocycles. The number of carbonyl (C=O) groups excluding carboxylic acids is 2. The summed E-state index contributed by atoms with van der Waals surface area (Å²) in [5, 5.41) is 2.45. The van der Waals surface area contributed by atoms with Crippen LogP contribution in [-0.4, -0.2) is 25.5 Å². The summed E-state index contributed by atoms with van der Waals surface area (Å²) in [6.07, 6.45) is 0.163. The van der Waals surface area contributed by atoms with E-state index in [2.05, 4.69) is 5.32 Å². The third-order valence-corrected chi connectivity index (χ3v) is 2.31. The first-order chi connectivity index (χ1) is 8.04. The number of aryl methyl sites for hydroxylation is 1. The molecule has 0 unspecified atom stereocenters. The summed E-state index contributed by atoms with van der Waals surface area (Å²) in [6, 6.07) is 4.96. The van der Waals surface area contributed by atoms with Crippen molar-refractivity contribution >= 4 is 17.6 Å². The minimum absolute atomic E-state index is 0.0717. The van der Waals surface area contributed by atoms with Crippen LogP contribution < -0.4 is 11.1 Å². The van der Waals surface area contributed by atoms with Crippen LogP contribution in [0.5, 0.6) is 0 Å². The van der Waals surface area contributed by atoms with Gasteiger partial charge in [-0.15, -0.1) is 0 Å². The quantitative estimate of drug-likeness (QED) is 0.600. The molecule has 1 rings (SSSR count). The Balaban J connectivity index is 2.55. The maximum absolute atomic E-state index is 11.7. The van der Waals surface area contributed by atoms with E-state index in [1.165, 1.54) is 7.05 Å². The Morgan fingerprint density at radius 3 is 2.71 bits per heavy atom. The van der Waals surface area contributed by atoms with Crippen LogP contribution in [0.3, 0.4) is 0 Å². The molecule has 0 atom stereocenters. The van der Waals surface area contributed by atoms with E-state index in [9.17, 15) is 9.59 Å². The third-order valence-electron chi connectivity index (χ3n) is 2.31. The first-order valence-corrected chi connectivity index (χ1v) is 5.28. The second kappa shape index (κ2) is 5.89. The smallest absolute Gasteiger partial charge is 0.338 e. The van der Waals surface area contributed by atoms with E-state index in [0.717, 1.165) is 5.56 Å². The highest BCUT2D eigenvalue weighted by molar-refractivity contribution is 5.91. The van der Waals surface area contributed by atoms with Crippen LogP contribution in [0.4, 0.5) is 5.69 Å². The van der Waals surface area contributed by atoms with Crippen LogP contribution in [0.2, 0.25) is 0 Å². The standard InChI is InChI=1S/C12H16N2O3/c1-8-7-9(13)3-4-10(8)12(16)17-6-5-11(15)14-2/h3-4,7H,5-6,13H2,1-2H3,(H,14,15). The molecule has 0 radical (unpaired) electrons. The molecule has 0 bridgehead atoms. The lowest BCUT2D eigenvalue weighted by atomic mass is 10.1. The fourth-order valence-electron chi connectivity index (χ4n) is 1.36. The number of carbonyl (C=O) groups is 2. The molecule has 0 fully saturated rings. The maximum atomic E-state index is 11.7. The fourth-order valence-corrected chi connectivity index (χ4v) is 1.36. The van der Waals surface area contributed by atoms with Gasteiger partial charge in [-0.2, -0.15) is 0 Å². The monoisotopic (exact) mass is 236 g/mol. The Morgan fingerprint density at radius 2 is 2.12 bits per heavy atom. The summed E-state index contributed by atoms with van der Waals surface area (Å²) in [6.45, 7) is 1.86. The molecule has 0 aliphatic rings. The predicted octanol–water partition coefficient (Wildman–Crippen LogP) is 0.870. The Hall–Kier alpha value is -2.04. The summed E-state index contributed by atoms with van der Waals surface area (Å²) in [5.41, 5.74) is 7.41. The minimum Gasteiger partial charge on any atom is -0.462 e. The maximum Gasteiger partial charge on any atom is 0.338 e. The number of nitrogen functional groups attached to an aromatic ring is 1. The van der Waals surface area contributed by atoms with E-state index in [0.29, 0.717) is 11.3 Å². The molecular weight excluding hydrogens is 220 g/mol. The summed E-state index contributed by atoms with van der Waals surface area (Å²) >= 11 is 0. The summed E-state index contributed by atoms with van der Waals surface area (Å²) in [5.74, 6) is -0.599. The normalized spacial score (nSPS) is 9.76. The van der Waals surface area contributed by atoms with E-state index in [1.807, 2.05) is 0 Å². The van der Waals surface area contributed by atoms with Gasteiger partial charge in [0.2, 0.25) is 5.91 Å². The van der Waals surface area contributed by atoms with Gasteiger partial charge in [0.15, 0.2) is 0 Å². The summed E-state index contributed by atoms with van der Waals surface area (Å²) < 4.78 is 4.98. The Kier molecular flexibility index (Phi) is 4.51. The first kappa shape index (κ1) is 13.0. The molecule has 0 heterocycles. The van der Waals surface area contributed by atoms with Crippen molar-refractivity contribution in [2.45, 2.75) is 13.3 Å². The molecule has 17 heavy (non-hydrogen) atoms. The molecule has 5 nitrogen and oxygen atoms in total. The van der Waals surface area contributed by atoms with Crippen LogP contribution in [-0.2, 0) is 9.53 Å². The second-order valence-electron chi connectivity index (χ2n) is 3.63. The van der Waals surface area contributed by atoms with Gasteiger partial charge in [-0.1, -0.05) is 0 Å². The average Bonchev–Trinajstić information content (AvgIpc) is 2.28. The van der Waals surface area contributed by atoms with Crippen LogP contribution in [0.15, 0.2) is 18.2 Å². The van der Waals surface area contributed by atoms with Gasteiger partial charge < -0.3 is 15.8 Å². The van der Waals surface area contributed by atoms with Crippen LogP contribution >= 0.6 is 0 Å². The Morgan fingerprint density at radius 1 is 1.41 bits per heavy atom. The number of rotatable bonds is 4. The number of amides is 1. The number of anilines is 1. The van der Waals surface area contributed by atoms with Crippen LogP contribution in [0, 0.1) is 6.92 Å². The lowest BCUT2D eigenvalue weighted by Crippen LogP contribution is -2.20. The average molecular weight is 236 g/mol. The molecule has 1 aromatic carbocycles. The van der Waals surface area contributed by atoms with Gasteiger partial charge in [0, 0.05) is 12.7 Å². The Bertz CT molecular complexity index is 430. The lowest BCUT2D eigenvalue weighted by Gasteiger charge is -2.07. The van der Waals surface area contributed by atoms with Gasteiger partial charge in [-0.3, -0.25) is 4.79 Å². The summed E-state index contributed by atoms with van der Waals surface area (Å²) in [7, 11) is 1.54. The zero-order chi connectivity index (χ0) is 12.8. The molecule has 1 amide bonds. The van der Waals surface area contributed by atoms with Crippen LogP contribution in [0.1, 0.15) is 22.3 Å². The number of nitrogens with one attached hydrogen (secondary N) is 1. The molecule has 92 valence electrons. The highest BCUT2D eigenvalue weighted by atomic mass is 16.5. The van der Waals surface area contributed by atoms with Crippen molar-refractivity contribution in [2.24, 2.45) is 0 Å². The molecule has 0 spiro atoms. The van der Waals surface area contributed by atoms with E-state index >= 15 is 0 Å². The van der Waals surface area contributed by atoms with Gasteiger partial charge in [0.25, 0.3) is 0 Å². The molecule has 5 heteroatoms. The number of ether oxygens (including phenoxy) is 1. The van der Waals surface area contributed by atoms with Crippen molar-refractivity contribution in [3.05, 3.63) is 29.3 Å². The second-order valence-corrected chi connectivity index (χ2v) is 3.63. The largest absolute Gasteiger partial charge is 0.462 e. The number of esters is 1. The van der Waals surface area contributed by atoms with Crippen molar-refractivity contribution in [3.63, 3.8) is 0 Å². The molecule has 3 N–H and O–H groups in total. The molecule has 0 aliphatic carbocycles. The van der Waals surface area contributed by atoms with Gasteiger partial charge in [0.05, 0.1) is 12.0 Å². The van der Waals surface area contributed by atoms with Crippen molar-refractivity contribution in [2.75, 3.05) is 19.4 Å². The van der Waals surface area contributed by atoms with Crippen molar-refractivity contribution < 1.29 is 14.3 Å². The highest BCUT2D eigenvalue weighted by Crippen LogP contribution is 2.13. The zero-order valence-corrected chi connectivity index (χ0v) is 9.95. The first-order valence-electron chi connectivity index (χ1n) is 5.28.